The second-order valence-electron chi connectivity index (χ2n) is 3.12. The van der Waals surface area contributed by atoms with Gasteiger partial charge in [-0.3, -0.25) is 0 Å². The molecule has 0 amide bonds. The lowest BCUT2D eigenvalue weighted by molar-refractivity contribution is 1.34. The van der Waals surface area contributed by atoms with Crippen LogP contribution in [0.2, 0.25) is 10.0 Å². The van der Waals surface area contributed by atoms with E-state index in [4.69, 9.17) is 28.9 Å². The number of nitrogens with two attached hydrogens (primary N) is 1. The number of hydrogen-bond acceptors (Lipinski definition) is 2. The molecule has 0 aliphatic carbocycles. The predicted molar refractivity (Wildman–Crippen MR) is 60.9 cm³/mol. The molecule has 0 aliphatic rings. The topological polar surface area (TPSA) is 38.9 Å². The van der Waals surface area contributed by atoms with Crippen LogP contribution in [0.1, 0.15) is 5.56 Å². The van der Waals surface area contributed by atoms with E-state index in [-0.39, 0.29) is 0 Å². The van der Waals surface area contributed by atoms with E-state index in [2.05, 4.69) is 4.98 Å². The summed E-state index contributed by atoms with van der Waals surface area (Å²) >= 11 is 12.0. The number of benzene rings is 1. The van der Waals surface area contributed by atoms with Gasteiger partial charge in [-0.05, 0) is 30.7 Å². The normalized spacial score (nSPS) is 10.8. The molecular formula is C10H8Cl2N2. The lowest BCUT2D eigenvalue weighted by Gasteiger charge is -2.05. The van der Waals surface area contributed by atoms with Crippen LogP contribution in [-0.2, 0) is 0 Å². The molecule has 4 heteroatoms. The maximum Gasteiger partial charge on any atom is 0.127 e. The monoisotopic (exact) mass is 226 g/mol. The summed E-state index contributed by atoms with van der Waals surface area (Å²) in [5.74, 6) is 0.488. The van der Waals surface area contributed by atoms with Crippen molar-refractivity contribution in [1.82, 2.24) is 4.98 Å². The average Bonchev–Trinajstić information content (AvgIpc) is 2.15. The van der Waals surface area contributed by atoms with Crippen molar-refractivity contribution in [1.29, 1.82) is 0 Å². The number of aromatic nitrogens is 1. The molecule has 0 atom stereocenters. The minimum atomic E-state index is 0.488. The molecule has 2 N–H and O–H groups in total. The second kappa shape index (κ2) is 3.30. The van der Waals surface area contributed by atoms with Crippen molar-refractivity contribution in [3.63, 3.8) is 0 Å². The number of aryl methyl sites for hydroxylation is 1. The fourth-order valence-corrected chi connectivity index (χ4v) is 1.72. The number of nitrogen functional groups attached to an aromatic ring is 1. The van der Waals surface area contributed by atoms with Gasteiger partial charge in [0.2, 0.25) is 0 Å². The van der Waals surface area contributed by atoms with E-state index < -0.39 is 0 Å². The Labute approximate surface area is 91.6 Å². The Morgan fingerprint density at radius 2 is 1.86 bits per heavy atom. The third-order valence-electron chi connectivity index (χ3n) is 2.11. The zero-order valence-corrected chi connectivity index (χ0v) is 9.02. The fourth-order valence-electron chi connectivity index (χ4n) is 1.31. The molecule has 0 spiro atoms. The molecule has 0 radical (unpaired) electrons. The van der Waals surface area contributed by atoms with Gasteiger partial charge in [-0.25, -0.2) is 4.98 Å². The van der Waals surface area contributed by atoms with Crippen LogP contribution in [-0.4, -0.2) is 4.98 Å². The molecule has 0 saturated heterocycles. The highest BCUT2D eigenvalue weighted by Crippen LogP contribution is 2.30. The van der Waals surface area contributed by atoms with Gasteiger partial charge in [0.05, 0.1) is 15.6 Å². The molecule has 0 saturated carbocycles. The zero-order chi connectivity index (χ0) is 10.3. The van der Waals surface area contributed by atoms with Gasteiger partial charge in [0, 0.05) is 5.39 Å². The van der Waals surface area contributed by atoms with Gasteiger partial charge >= 0.3 is 0 Å². The highest BCUT2D eigenvalue weighted by Gasteiger charge is 2.06. The predicted octanol–water partition coefficient (Wildman–Crippen LogP) is 3.43. The van der Waals surface area contributed by atoms with Crippen LogP contribution in [0.4, 0.5) is 5.82 Å². The molecule has 1 aromatic heterocycles. The van der Waals surface area contributed by atoms with E-state index in [0.717, 1.165) is 10.9 Å². The SMILES string of the molecule is Cc1cc2c(Cl)ccc(Cl)c2nc1N. The zero-order valence-electron chi connectivity index (χ0n) is 7.51. The van der Waals surface area contributed by atoms with Crippen LogP contribution in [0.3, 0.4) is 0 Å². The third-order valence-corrected chi connectivity index (χ3v) is 2.75. The van der Waals surface area contributed by atoms with Gasteiger partial charge in [-0.2, -0.15) is 0 Å². The fraction of sp³-hybridized carbons (Fsp3) is 0.100. The number of anilines is 1. The Morgan fingerprint density at radius 3 is 2.57 bits per heavy atom. The summed E-state index contributed by atoms with van der Waals surface area (Å²) in [7, 11) is 0. The summed E-state index contributed by atoms with van der Waals surface area (Å²) in [4.78, 5) is 4.20. The van der Waals surface area contributed by atoms with Gasteiger partial charge in [-0.15, -0.1) is 0 Å². The third kappa shape index (κ3) is 1.41. The van der Waals surface area contributed by atoms with Gasteiger partial charge < -0.3 is 5.73 Å². The van der Waals surface area contributed by atoms with Crippen LogP contribution in [0.25, 0.3) is 10.9 Å². The van der Waals surface area contributed by atoms with Crippen molar-refractivity contribution in [2.45, 2.75) is 6.92 Å². The lowest BCUT2D eigenvalue weighted by Crippen LogP contribution is -1.94. The summed E-state index contributed by atoms with van der Waals surface area (Å²) < 4.78 is 0. The summed E-state index contributed by atoms with van der Waals surface area (Å²) in [6, 6.07) is 5.36. The van der Waals surface area contributed by atoms with Crippen molar-refractivity contribution in [2.75, 3.05) is 5.73 Å². The number of pyridine rings is 1. The number of nitrogens with zero attached hydrogens (tertiary/aromatic N) is 1. The Kier molecular flexibility index (Phi) is 2.25. The standard InChI is InChI=1S/C10H8Cl2N2/c1-5-4-6-7(11)2-3-8(12)9(6)14-10(5)13/h2-4H,1H3,(H2,13,14). The molecule has 1 aromatic carbocycles. The Balaban J connectivity index is 2.94. The maximum absolute atomic E-state index is 6.01. The van der Waals surface area contributed by atoms with Crippen molar-refractivity contribution in [2.24, 2.45) is 0 Å². The smallest absolute Gasteiger partial charge is 0.127 e. The largest absolute Gasteiger partial charge is 0.383 e. The first kappa shape index (κ1) is 9.56. The van der Waals surface area contributed by atoms with Gasteiger partial charge in [0.25, 0.3) is 0 Å². The number of fused-ring (bicyclic) bond motifs is 1. The van der Waals surface area contributed by atoms with E-state index in [1.165, 1.54) is 0 Å². The summed E-state index contributed by atoms with van der Waals surface area (Å²) in [6.45, 7) is 1.89. The number of halogens is 2. The van der Waals surface area contributed by atoms with Crippen LogP contribution >= 0.6 is 23.2 Å². The summed E-state index contributed by atoms with van der Waals surface area (Å²) in [6.07, 6.45) is 0. The average molecular weight is 227 g/mol. The molecule has 14 heavy (non-hydrogen) atoms. The Bertz CT molecular complexity index is 462. The number of hydrogen-bond donors (Lipinski definition) is 1. The minimum Gasteiger partial charge on any atom is -0.383 e. The molecule has 0 unspecified atom stereocenters. The van der Waals surface area contributed by atoms with Crippen LogP contribution < -0.4 is 5.73 Å². The first-order valence-electron chi connectivity index (χ1n) is 4.10. The van der Waals surface area contributed by atoms with Crippen molar-refractivity contribution in [3.05, 3.63) is 33.8 Å². The molecule has 2 rings (SSSR count). The van der Waals surface area contributed by atoms with Gasteiger partial charge in [-0.1, -0.05) is 23.2 Å². The molecule has 0 aliphatic heterocycles. The molecule has 0 bridgehead atoms. The van der Waals surface area contributed by atoms with Gasteiger partial charge in [0.1, 0.15) is 5.82 Å². The van der Waals surface area contributed by atoms with Crippen molar-refractivity contribution >= 4 is 39.9 Å². The first-order chi connectivity index (χ1) is 6.59. The molecule has 1 heterocycles. The van der Waals surface area contributed by atoms with E-state index in [9.17, 15) is 0 Å². The second-order valence-corrected chi connectivity index (χ2v) is 3.93. The molecule has 2 nitrogen and oxygen atoms in total. The minimum absolute atomic E-state index is 0.488. The van der Waals surface area contributed by atoms with E-state index in [1.54, 1.807) is 12.1 Å². The van der Waals surface area contributed by atoms with E-state index >= 15 is 0 Å². The summed E-state index contributed by atoms with van der Waals surface area (Å²) in [5, 5.41) is 2.04. The molecular weight excluding hydrogens is 219 g/mol. The molecule has 72 valence electrons. The highest BCUT2D eigenvalue weighted by atomic mass is 35.5. The van der Waals surface area contributed by atoms with Crippen molar-refractivity contribution in [3.8, 4) is 0 Å². The maximum atomic E-state index is 6.01. The Morgan fingerprint density at radius 1 is 1.21 bits per heavy atom. The molecule has 0 fully saturated rings. The van der Waals surface area contributed by atoms with Crippen LogP contribution in [0.15, 0.2) is 18.2 Å². The molecule has 2 aromatic rings. The lowest BCUT2D eigenvalue weighted by atomic mass is 10.1. The first-order valence-corrected chi connectivity index (χ1v) is 4.86. The summed E-state index contributed by atoms with van der Waals surface area (Å²) in [5.41, 5.74) is 7.25. The van der Waals surface area contributed by atoms with Crippen molar-refractivity contribution < 1.29 is 0 Å². The van der Waals surface area contributed by atoms with Gasteiger partial charge in [0.15, 0.2) is 0 Å². The van der Waals surface area contributed by atoms with Crippen LogP contribution in [0.5, 0.6) is 0 Å². The van der Waals surface area contributed by atoms with Crippen LogP contribution in [0, 0.1) is 6.92 Å². The Hall–Kier alpha value is -0.990. The highest BCUT2D eigenvalue weighted by molar-refractivity contribution is 6.39. The quantitative estimate of drug-likeness (QED) is 0.748. The number of rotatable bonds is 0. The van der Waals surface area contributed by atoms with E-state index in [0.29, 0.717) is 21.4 Å². The van der Waals surface area contributed by atoms with E-state index in [1.807, 2.05) is 13.0 Å².